The summed E-state index contributed by atoms with van der Waals surface area (Å²) in [6.07, 6.45) is 5.73. The van der Waals surface area contributed by atoms with Gasteiger partial charge >= 0.3 is 0 Å². The van der Waals surface area contributed by atoms with Gasteiger partial charge in [-0.2, -0.15) is 0 Å². The lowest BCUT2D eigenvalue weighted by molar-refractivity contribution is -0.118. The van der Waals surface area contributed by atoms with Crippen LogP contribution in [0.15, 0.2) is 18.2 Å². The van der Waals surface area contributed by atoms with E-state index in [1.165, 1.54) is 36.1 Å². The molecule has 1 aromatic rings. The summed E-state index contributed by atoms with van der Waals surface area (Å²) in [5, 5.41) is 3.38. The van der Waals surface area contributed by atoms with Gasteiger partial charge in [0.15, 0.2) is 0 Å². The van der Waals surface area contributed by atoms with Crippen molar-refractivity contribution in [2.45, 2.75) is 58.0 Å². The van der Waals surface area contributed by atoms with Crippen LogP contribution in [-0.4, -0.2) is 24.5 Å². The molecule has 108 valence electrons. The molecule has 3 heteroatoms. The van der Waals surface area contributed by atoms with E-state index in [0.717, 1.165) is 19.4 Å². The number of nitrogens with zero attached hydrogens (tertiary/aromatic N) is 1. The Hall–Kier alpha value is -1.35. The molecule has 0 aromatic heterocycles. The quantitative estimate of drug-likeness (QED) is 0.917. The Bertz CT molecular complexity index is 510. The van der Waals surface area contributed by atoms with Gasteiger partial charge in [-0.05, 0) is 49.3 Å². The molecule has 1 aliphatic carbocycles. The molecule has 2 aliphatic rings. The second-order valence-electron chi connectivity index (χ2n) is 6.27. The van der Waals surface area contributed by atoms with Crippen LogP contribution >= 0.6 is 0 Å². The van der Waals surface area contributed by atoms with Gasteiger partial charge in [0, 0.05) is 18.3 Å². The standard InChI is InChI=1S/C17H24N2O/c1-12(2)18-15-10-11-19(17(15)20)16-9-5-7-13-6-3-4-8-14(13)16/h5,7,9,12,15,18H,3-4,6,8,10-11H2,1-2H3. The highest BCUT2D eigenvalue weighted by atomic mass is 16.2. The average Bonchev–Trinajstić information content (AvgIpc) is 2.79. The van der Waals surface area contributed by atoms with Gasteiger partial charge < -0.3 is 10.2 Å². The molecule has 3 nitrogen and oxygen atoms in total. The normalized spacial score (nSPS) is 22.4. The van der Waals surface area contributed by atoms with E-state index in [2.05, 4.69) is 37.4 Å². The minimum absolute atomic E-state index is 0.00514. The van der Waals surface area contributed by atoms with Crippen LogP contribution in [0.3, 0.4) is 0 Å². The molecule has 1 N–H and O–H groups in total. The SMILES string of the molecule is CC(C)NC1CCN(c2cccc3c2CCCC3)C1=O. The van der Waals surface area contributed by atoms with Crippen LogP contribution < -0.4 is 10.2 Å². The summed E-state index contributed by atoms with van der Waals surface area (Å²) in [4.78, 5) is 14.6. The molecule has 1 aliphatic heterocycles. The predicted molar refractivity (Wildman–Crippen MR) is 82.1 cm³/mol. The van der Waals surface area contributed by atoms with Crippen molar-refractivity contribution in [3.8, 4) is 0 Å². The lowest BCUT2D eigenvalue weighted by Crippen LogP contribution is -2.41. The van der Waals surface area contributed by atoms with E-state index >= 15 is 0 Å². The molecule has 1 unspecified atom stereocenters. The Balaban J connectivity index is 1.85. The van der Waals surface area contributed by atoms with E-state index in [-0.39, 0.29) is 11.9 Å². The number of hydrogen-bond donors (Lipinski definition) is 1. The second-order valence-corrected chi connectivity index (χ2v) is 6.27. The molecule has 20 heavy (non-hydrogen) atoms. The van der Waals surface area contributed by atoms with Gasteiger partial charge in [0.25, 0.3) is 0 Å². The number of nitrogens with one attached hydrogen (secondary N) is 1. The van der Waals surface area contributed by atoms with Crippen molar-refractivity contribution in [3.05, 3.63) is 29.3 Å². The van der Waals surface area contributed by atoms with Crippen molar-refractivity contribution in [2.24, 2.45) is 0 Å². The Kier molecular flexibility index (Phi) is 3.79. The van der Waals surface area contributed by atoms with E-state index in [9.17, 15) is 4.79 Å². The number of anilines is 1. The van der Waals surface area contributed by atoms with Crippen molar-refractivity contribution in [2.75, 3.05) is 11.4 Å². The molecule has 3 rings (SSSR count). The Morgan fingerprint density at radius 1 is 1.25 bits per heavy atom. The van der Waals surface area contributed by atoms with E-state index < -0.39 is 0 Å². The van der Waals surface area contributed by atoms with Crippen LogP contribution in [0.4, 0.5) is 5.69 Å². The number of carbonyl (C=O) groups is 1. The van der Waals surface area contributed by atoms with E-state index in [0.29, 0.717) is 6.04 Å². The summed E-state index contributed by atoms with van der Waals surface area (Å²) >= 11 is 0. The summed E-state index contributed by atoms with van der Waals surface area (Å²) in [5.41, 5.74) is 4.03. The molecule has 0 saturated carbocycles. The Morgan fingerprint density at radius 3 is 2.85 bits per heavy atom. The van der Waals surface area contributed by atoms with Gasteiger partial charge in [0.05, 0.1) is 6.04 Å². The number of rotatable bonds is 3. The van der Waals surface area contributed by atoms with Crippen molar-refractivity contribution in [1.29, 1.82) is 0 Å². The summed E-state index contributed by atoms with van der Waals surface area (Å²) in [7, 11) is 0. The zero-order valence-electron chi connectivity index (χ0n) is 12.5. The molecule has 1 aromatic carbocycles. The maximum absolute atomic E-state index is 12.6. The smallest absolute Gasteiger partial charge is 0.244 e. The van der Waals surface area contributed by atoms with Crippen molar-refractivity contribution < 1.29 is 4.79 Å². The van der Waals surface area contributed by atoms with Gasteiger partial charge in [-0.1, -0.05) is 26.0 Å². The third kappa shape index (κ3) is 2.47. The molecule has 1 saturated heterocycles. The number of aryl methyl sites for hydroxylation is 1. The fourth-order valence-corrected chi connectivity index (χ4v) is 3.49. The third-order valence-corrected chi connectivity index (χ3v) is 4.40. The van der Waals surface area contributed by atoms with Crippen LogP contribution in [0.5, 0.6) is 0 Å². The molecule has 1 heterocycles. The first kappa shape index (κ1) is 13.6. The minimum Gasteiger partial charge on any atom is -0.311 e. The Morgan fingerprint density at radius 2 is 2.05 bits per heavy atom. The van der Waals surface area contributed by atoms with Crippen LogP contribution in [-0.2, 0) is 17.6 Å². The lowest BCUT2D eigenvalue weighted by Gasteiger charge is -2.25. The maximum atomic E-state index is 12.6. The van der Waals surface area contributed by atoms with Crippen LogP contribution in [0.1, 0.15) is 44.2 Å². The summed E-state index contributed by atoms with van der Waals surface area (Å²) in [6, 6.07) is 6.81. The second kappa shape index (κ2) is 5.57. The lowest BCUT2D eigenvalue weighted by atomic mass is 9.90. The average molecular weight is 272 g/mol. The molecule has 0 bridgehead atoms. The number of hydrogen-bond acceptors (Lipinski definition) is 2. The molecule has 1 amide bonds. The van der Waals surface area contributed by atoms with Crippen LogP contribution in [0.2, 0.25) is 0 Å². The molecule has 0 radical (unpaired) electrons. The molecular weight excluding hydrogens is 248 g/mol. The first-order valence-electron chi connectivity index (χ1n) is 7.85. The Labute approximate surface area is 121 Å². The third-order valence-electron chi connectivity index (χ3n) is 4.40. The topological polar surface area (TPSA) is 32.3 Å². The number of fused-ring (bicyclic) bond motifs is 1. The van der Waals surface area contributed by atoms with Crippen molar-refractivity contribution >= 4 is 11.6 Å². The maximum Gasteiger partial charge on any atom is 0.244 e. The first-order valence-corrected chi connectivity index (χ1v) is 7.85. The van der Waals surface area contributed by atoms with Gasteiger partial charge in [-0.3, -0.25) is 4.79 Å². The number of amides is 1. The fourth-order valence-electron chi connectivity index (χ4n) is 3.49. The predicted octanol–water partition coefficient (Wildman–Crippen LogP) is 2.67. The minimum atomic E-state index is -0.00514. The van der Waals surface area contributed by atoms with Crippen LogP contribution in [0.25, 0.3) is 0 Å². The molecule has 1 fully saturated rings. The largest absolute Gasteiger partial charge is 0.311 e. The van der Waals surface area contributed by atoms with Gasteiger partial charge in [-0.25, -0.2) is 0 Å². The van der Waals surface area contributed by atoms with E-state index in [1.807, 2.05) is 4.90 Å². The molecule has 1 atom stereocenters. The van der Waals surface area contributed by atoms with Gasteiger partial charge in [0.2, 0.25) is 5.91 Å². The zero-order chi connectivity index (χ0) is 14.1. The van der Waals surface area contributed by atoms with E-state index in [1.54, 1.807) is 0 Å². The monoisotopic (exact) mass is 272 g/mol. The number of benzene rings is 1. The van der Waals surface area contributed by atoms with Crippen molar-refractivity contribution in [1.82, 2.24) is 5.32 Å². The summed E-state index contributed by atoms with van der Waals surface area (Å²) in [6.45, 7) is 5.04. The summed E-state index contributed by atoms with van der Waals surface area (Å²) < 4.78 is 0. The van der Waals surface area contributed by atoms with Crippen LogP contribution in [0, 0.1) is 0 Å². The fraction of sp³-hybridized carbons (Fsp3) is 0.588. The van der Waals surface area contributed by atoms with Gasteiger partial charge in [-0.15, -0.1) is 0 Å². The molecule has 0 spiro atoms. The molecular formula is C17H24N2O. The summed E-state index contributed by atoms with van der Waals surface area (Å²) in [5.74, 6) is 0.248. The highest BCUT2D eigenvalue weighted by Gasteiger charge is 2.34. The van der Waals surface area contributed by atoms with Crippen molar-refractivity contribution in [3.63, 3.8) is 0 Å². The highest BCUT2D eigenvalue weighted by molar-refractivity contribution is 6.00. The van der Waals surface area contributed by atoms with Gasteiger partial charge in [0.1, 0.15) is 0 Å². The first-order chi connectivity index (χ1) is 9.66. The zero-order valence-corrected chi connectivity index (χ0v) is 12.5. The van der Waals surface area contributed by atoms with E-state index in [4.69, 9.17) is 0 Å². The number of carbonyl (C=O) groups excluding carboxylic acids is 1. The highest BCUT2D eigenvalue weighted by Crippen LogP contribution is 2.32.